The smallest absolute Gasteiger partial charge is 0.257 e. The lowest BCUT2D eigenvalue weighted by Crippen LogP contribution is -2.72. The highest BCUT2D eigenvalue weighted by Gasteiger charge is 2.34. The Balaban J connectivity index is 1.44. The van der Waals surface area contributed by atoms with Crippen LogP contribution in [-0.2, 0) is 0 Å². The van der Waals surface area contributed by atoms with Gasteiger partial charge in [-0.25, -0.2) is 0 Å². The van der Waals surface area contributed by atoms with Crippen molar-refractivity contribution in [3.63, 3.8) is 0 Å². The number of piperidine rings is 1. The molecule has 0 aliphatic carbocycles. The standard InChI is InChI=1S/C25H32N6O2/c1-33-23-5-3-2-4-22(23)24(32)30-25(18-27-13-14-28-25)29-21-8-6-19(7-9-21)20-10-15-31(16-11-20)17-12-26/h2-9,20,27-29H,10-11,13-18H2,1H3,(H,30,32)/t25-/m1/s1. The molecule has 0 aromatic heterocycles. The molecule has 2 fully saturated rings. The van der Waals surface area contributed by atoms with Gasteiger partial charge in [-0.1, -0.05) is 24.3 Å². The van der Waals surface area contributed by atoms with Gasteiger partial charge in [0.1, 0.15) is 5.75 Å². The van der Waals surface area contributed by atoms with E-state index in [0.29, 0.717) is 30.3 Å². The summed E-state index contributed by atoms with van der Waals surface area (Å²) in [5.41, 5.74) is 2.74. The topological polar surface area (TPSA) is 101 Å². The Bertz CT molecular complexity index is 973. The van der Waals surface area contributed by atoms with Crippen molar-refractivity contribution in [3.8, 4) is 11.8 Å². The Morgan fingerprint density at radius 2 is 1.94 bits per heavy atom. The fourth-order valence-electron chi connectivity index (χ4n) is 4.61. The molecule has 0 radical (unpaired) electrons. The summed E-state index contributed by atoms with van der Waals surface area (Å²) in [6, 6.07) is 17.9. The zero-order chi connectivity index (χ0) is 23.1. The number of ether oxygens (including phenoxy) is 1. The first-order valence-corrected chi connectivity index (χ1v) is 11.5. The van der Waals surface area contributed by atoms with Crippen LogP contribution in [0.3, 0.4) is 0 Å². The average molecular weight is 449 g/mol. The third-order valence-corrected chi connectivity index (χ3v) is 6.42. The maximum absolute atomic E-state index is 13.1. The van der Waals surface area contributed by atoms with Crippen LogP contribution < -0.4 is 26.0 Å². The Kier molecular flexibility index (Phi) is 7.45. The minimum Gasteiger partial charge on any atom is -0.496 e. The Hall–Kier alpha value is -3.12. The molecule has 0 spiro atoms. The van der Waals surface area contributed by atoms with Crippen molar-refractivity contribution in [1.29, 1.82) is 5.26 Å². The quantitative estimate of drug-likeness (QED) is 0.380. The molecule has 2 aromatic carbocycles. The minimum atomic E-state index is -0.819. The first-order valence-electron chi connectivity index (χ1n) is 11.5. The molecule has 1 atom stereocenters. The van der Waals surface area contributed by atoms with E-state index in [-0.39, 0.29) is 5.91 Å². The summed E-state index contributed by atoms with van der Waals surface area (Å²) in [4.78, 5) is 15.3. The van der Waals surface area contributed by atoms with Crippen LogP contribution in [0.15, 0.2) is 48.5 Å². The van der Waals surface area contributed by atoms with Crippen LogP contribution in [0.2, 0.25) is 0 Å². The van der Waals surface area contributed by atoms with E-state index in [1.165, 1.54) is 5.56 Å². The lowest BCUT2D eigenvalue weighted by Gasteiger charge is -2.40. The van der Waals surface area contributed by atoms with E-state index in [4.69, 9.17) is 10.00 Å². The molecule has 2 heterocycles. The number of carbonyl (C=O) groups excluding carboxylic acids is 1. The molecule has 8 heteroatoms. The van der Waals surface area contributed by atoms with Gasteiger partial charge in [0, 0.05) is 18.8 Å². The maximum atomic E-state index is 13.1. The lowest BCUT2D eigenvalue weighted by atomic mass is 9.89. The minimum absolute atomic E-state index is 0.211. The van der Waals surface area contributed by atoms with Gasteiger partial charge in [0.25, 0.3) is 5.91 Å². The van der Waals surface area contributed by atoms with Crippen LogP contribution >= 0.6 is 0 Å². The zero-order valence-corrected chi connectivity index (χ0v) is 19.1. The van der Waals surface area contributed by atoms with Gasteiger partial charge in [0.2, 0.25) is 0 Å². The number of benzene rings is 2. The second kappa shape index (κ2) is 10.7. The molecular formula is C25H32N6O2. The first-order chi connectivity index (χ1) is 16.1. The van der Waals surface area contributed by atoms with Crippen molar-refractivity contribution >= 4 is 11.6 Å². The molecule has 1 amide bonds. The van der Waals surface area contributed by atoms with Crippen molar-refractivity contribution in [2.45, 2.75) is 24.5 Å². The van der Waals surface area contributed by atoms with E-state index in [0.717, 1.165) is 44.7 Å². The molecule has 8 nitrogen and oxygen atoms in total. The summed E-state index contributed by atoms with van der Waals surface area (Å²) in [5, 5.41) is 22.3. The molecule has 174 valence electrons. The van der Waals surface area contributed by atoms with Gasteiger partial charge in [-0.3, -0.25) is 15.0 Å². The molecule has 2 aliphatic heterocycles. The number of nitriles is 1. The SMILES string of the molecule is COc1ccccc1C(=O)N[C@]1(Nc2ccc(C3CCN(CC#N)CC3)cc2)CNCCN1. The largest absolute Gasteiger partial charge is 0.496 e. The van der Waals surface area contributed by atoms with Crippen LogP contribution in [0.5, 0.6) is 5.75 Å². The van der Waals surface area contributed by atoms with Crippen molar-refractivity contribution in [2.24, 2.45) is 0 Å². The summed E-state index contributed by atoms with van der Waals surface area (Å²) in [6.45, 7) is 4.53. The number of anilines is 1. The van der Waals surface area contributed by atoms with Gasteiger partial charge >= 0.3 is 0 Å². The maximum Gasteiger partial charge on any atom is 0.257 e. The molecule has 0 saturated carbocycles. The summed E-state index contributed by atoms with van der Waals surface area (Å²) in [5.74, 6) is 0.0269. The number of hydrogen-bond acceptors (Lipinski definition) is 7. The number of piperazine rings is 1. The van der Waals surface area contributed by atoms with Crippen LogP contribution in [-0.4, -0.2) is 63.0 Å². The zero-order valence-electron chi connectivity index (χ0n) is 19.1. The Morgan fingerprint density at radius 3 is 2.61 bits per heavy atom. The highest BCUT2D eigenvalue weighted by atomic mass is 16.5. The van der Waals surface area contributed by atoms with Gasteiger partial charge in [0.05, 0.1) is 31.8 Å². The molecule has 2 aliphatic rings. The van der Waals surface area contributed by atoms with E-state index in [1.54, 1.807) is 19.2 Å². The van der Waals surface area contributed by atoms with E-state index < -0.39 is 5.79 Å². The van der Waals surface area contributed by atoms with Crippen LogP contribution in [0.1, 0.15) is 34.7 Å². The van der Waals surface area contributed by atoms with E-state index in [1.807, 2.05) is 12.1 Å². The number of amides is 1. The number of carbonyl (C=O) groups is 1. The van der Waals surface area contributed by atoms with Gasteiger partial charge in [-0.15, -0.1) is 0 Å². The highest BCUT2D eigenvalue weighted by molar-refractivity contribution is 5.97. The molecule has 4 rings (SSSR count). The van der Waals surface area contributed by atoms with Crippen molar-refractivity contribution in [2.75, 3.05) is 51.7 Å². The summed E-state index contributed by atoms with van der Waals surface area (Å²) < 4.78 is 5.36. The first kappa shape index (κ1) is 23.1. The van der Waals surface area contributed by atoms with Crippen LogP contribution in [0.25, 0.3) is 0 Å². The van der Waals surface area contributed by atoms with Gasteiger partial charge in [0.15, 0.2) is 5.79 Å². The second-order valence-electron chi connectivity index (χ2n) is 8.62. The average Bonchev–Trinajstić information content (AvgIpc) is 2.85. The summed E-state index contributed by atoms with van der Waals surface area (Å²) in [7, 11) is 1.56. The number of nitrogens with zero attached hydrogens (tertiary/aromatic N) is 2. The highest BCUT2D eigenvalue weighted by Crippen LogP contribution is 2.29. The number of rotatable bonds is 7. The summed E-state index contributed by atoms with van der Waals surface area (Å²) >= 11 is 0. The van der Waals surface area contributed by atoms with E-state index >= 15 is 0 Å². The fourth-order valence-corrected chi connectivity index (χ4v) is 4.61. The van der Waals surface area contributed by atoms with Crippen molar-refractivity contribution in [1.82, 2.24) is 20.9 Å². The number of nitrogens with one attached hydrogen (secondary N) is 4. The van der Waals surface area contributed by atoms with Crippen molar-refractivity contribution in [3.05, 3.63) is 59.7 Å². The lowest BCUT2D eigenvalue weighted by molar-refractivity contribution is 0.0878. The summed E-state index contributed by atoms with van der Waals surface area (Å²) in [6.07, 6.45) is 2.14. The van der Waals surface area contributed by atoms with E-state index in [2.05, 4.69) is 56.5 Å². The van der Waals surface area contributed by atoms with Gasteiger partial charge in [-0.2, -0.15) is 5.26 Å². The number of hydrogen-bond donors (Lipinski definition) is 4. The van der Waals surface area contributed by atoms with Crippen LogP contribution in [0.4, 0.5) is 5.69 Å². The normalized spacial score (nSPS) is 21.7. The predicted molar refractivity (Wildman–Crippen MR) is 128 cm³/mol. The van der Waals surface area contributed by atoms with Gasteiger partial charge in [-0.05, 0) is 61.7 Å². The molecule has 0 bridgehead atoms. The predicted octanol–water partition coefficient (Wildman–Crippen LogP) is 2.09. The second-order valence-corrected chi connectivity index (χ2v) is 8.62. The fraction of sp³-hybridized carbons (Fsp3) is 0.440. The van der Waals surface area contributed by atoms with Gasteiger partial charge < -0.3 is 20.7 Å². The van der Waals surface area contributed by atoms with E-state index in [9.17, 15) is 4.79 Å². The number of para-hydroxylation sites is 1. The molecular weight excluding hydrogens is 416 g/mol. The Morgan fingerprint density at radius 1 is 1.18 bits per heavy atom. The van der Waals surface area contributed by atoms with Crippen LogP contribution in [0, 0.1) is 11.3 Å². The monoisotopic (exact) mass is 448 g/mol. The number of likely N-dealkylation sites (tertiary alicyclic amines) is 1. The molecule has 4 N–H and O–H groups in total. The molecule has 0 unspecified atom stereocenters. The molecule has 33 heavy (non-hydrogen) atoms. The third kappa shape index (κ3) is 5.63. The molecule has 2 aromatic rings. The molecule has 2 saturated heterocycles. The van der Waals surface area contributed by atoms with Crippen molar-refractivity contribution < 1.29 is 9.53 Å². The third-order valence-electron chi connectivity index (χ3n) is 6.42. The number of methoxy groups -OCH3 is 1. The Labute approximate surface area is 195 Å².